The van der Waals surface area contributed by atoms with E-state index >= 15 is 0 Å². The molecular formula is C21H22N4O3S2. The highest BCUT2D eigenvalue weighted by Gasteiger charge is 2.25. The molecule has 0 aliphatic carbocycles. The molecule has 9 heteroatoms. The SMILES string of the molecule is C=CCc1ccc(C(=O)N2CCCCC2)c(NS(=O)(=O)c2cccc3nsnc23)c1. The van der Waals surface area contributed by atoms with Gasteiger partial charge < -0.3 is 4.90 Å². The molecule has 156 valence electrons. The molecule has 0 saturated carbocycles. The van der Waals surface area contributed by atoms with Gasteiger partial charge in [0.2, 0.25) is 0 Å². The molecule has 0 unspecified atom stereocenters. The molecule has 2 heterocycles. The van der Waals surface area contributed by atoms with Crippen LogP contribution in [0, 0.1) is 0 Å². The van der Waals surface area contributed by atoms with Gasteiger partial charge in [-0.1, -0.05) is 18.2 Å². The molecule has 1 aliphatic rings. The van der Waals surface area contributed by atoms with Crippen molar-refractivity contribution in [2.45, 2.75) is 30.6 Å². The number of fused-ring (bicyclic) bond motifs is 1. The summed E-state index contributed by atoms with van der Waals surface area (Å²) in [6, 6.07) is 10.1. The Labute approximate surface area is 179 Å². The van der Waals surface area contributed by atoms with E-state index in [4.69, 9.17) is 0 Å². The van der Waals surface area contributed by atoms with E-state index in [0.29, 0.717) is 36.1 Å². The van der Waals surface area contributed by atoms with Crippen molar-refractivity contribution in [3.05, 3.63) is 60.2 Å². The van der Waals surface area contributed by atoms with Crippen LogP contribution >= 0.6 is 11.7 Å². The van der Waals surface area contributed by atoms with E-state index in [0.717, 1.165) is 36.6 Å². The largest absolute Gasteiger partial charge is 0.339 e. The monoisotopic (exact) mass is 442 g/mol. The number of sulfonamides is 1. The van der Waals surface area contributed by atoms with Crippen molar-refractivity contribution in [2.24, 2.45) is 0 Å². The molecule has 7 nitrogen and oxygen atoms in total. The number of benzene rings is 2. The minimum Gasteiger partial charge on any atom is -0.339 e. The number of piperidine rings is 1. The van der Waals surface area contributed by atoms with Crippen molar-refractivity contribution in [1.29, 1.82) is 0 Å². The van der Waals surface area contributed by atoms with Gasteiger partial charge in [0, 0.05) is 13.1 Å². The maximum Gasteiger partial charge on any atom is 0.264 e. The Morgan fingerprint density at radius 2 is 1.97 bits per heavy atom. The molecule has 1 fully saturated rings. The first-order valence-corrected chi connectivity index (χ1v) is 12.0. The predicted molar refractivity (Wildman–Crippen MR) is 118 cm³/mol. The Bertz CT molecular complexity index is 1200. The summed E-state index contributed by atoms with van der Waals surface area (Å²) in [7, 11) is -3.97. The molecule has 0 spiro atoms. The average Bonchev–Trinajstić information content (AvgIpc) is 3.23. The number of likely N-dealkylation sites (tertiary alicyclic amines) is 1. The second-order valence-electron chi connectivity index (χ2n) is 7.22. The Kier molecular flexibility index (Phi) is 5.83. The fourth-order valence-electron chi connectivity index (χ4n) is 3.62. The Balaban J connectivity index is 1.74. The fraction of sp³-hybridized carbons (Fsp3) is 0.286. The van der Waals surface area contributed by atoms with Crippen LogP contribution in [-0.2, 0) is 16.4 Å². The summed E-state index contributed by atoms with van der Waals surface area (Å²) in [5.74, 6) is -0.161. The second-order valence-corrected chi connectivity index (χ2v) is 9.40. The maximum atomic E-state index is 13.2. The molecule has 1 amide bonds. The second kappa shape index (κ2) is 8.53. The third kappa shape index (κ3) is 4.08. The average molecular weight is 443 g/mol. The third-order valence-electron chi connectivity index (χ3n) is 5.12. The van der Waals surface area contributed by atoms with E-state index in [9.17, 15) is 13.2 Å². The first kappa shape index (κ1) is 20.5. The van der Waals surface area contributed by atoms with Crippen molar-refractivity contribution in [3.8, 4) is 0 Å². The van der Waals surface area contributed by atoms with Gasteiger partial charge in [-0.15, -0.1) is 6.58 Å². The van der Waals surface area contributed by atoms with Gasteiger partial charge in [-0.05, 0) is 55.5 Å². The lowest BCUT2D eigenvalue weighted by Crippen LogP contribution is -2.36. The molecule has 1 N–H and O–H groups in total. The number of anilines is 1. The molecule has 1 saturated heterocycles. The number of carbonyl (C=O) groups is 1. The summed E-state index contributed by atoms with van der Waals surface area (Å²) in [5.41, 5.74) is 2.32. The van der Waals surface area contributed by atoms with Gasteiger partial charge in [0.05, 0.1) is 23.0 Å². The lowest BCUT2D eigenvalue weighted by atomic mass is 10.0. The predicted octanol–water partition coefficient (Wildman–Crippen LogP) is 3.85. The highest BCUT2D eigenvalue weighted by molar-refractivity contribution is 7.93. The van der Waals surface area contributed by atoms with Crippen LogP contribution in [0.4, 0.5) is 5.69 Å². The number of allylic oxidation sites excluding steroid dienone is 1. The number of aromatic nitrogens is 2. The molecule has 2 aromatic carbocycles. The van der Waals surface area contributed by atoms with Crippen LogP contribution < -0.4 is 4.72 Å². The zero-order valence-corrected chi connectivity index (χ0v) is 18.0. The molecule has 30 heavy (non-hydrogen) atoms. The van der Waals surface area contributed by atoms with Gasteiger partial charge in [-0.2, -0.15) is 8.75 Å². The summed E-state index contributed by atoms with van der Waals surface area (Å²) in [6.45, 7) is 5.11. The minimum absolute atomic E-state index is 0.0410. The van der Waals surface area contributed by atoms with Crippen LogP contribution in [-0.4, -0.2) is 41.1 Å². The van der Waals surface area contributed by atoms with Crippen LogP contribution in [0.25, 0.3) is 11.0 Å². The molecular weight excluding hydrogens is 420 g/mol. The Hall–Kier alpha value is -2.78. The van der Waals surface area contributed by atoms with Crippen molar-refractivity contribution in [1.82, 2.24) is 13.6 Å². The summed E-state index contributed by atoms with van der Waals surface area (Å²) in [6.07, 6.45) is 5.33. The maximum absolute atomic E-state index is 13.2. The van der Waals surface area contributed by atoms with Gasteiger partial charge in [0.25, 0.3) is 15.9 Å². The standard InChI is InChI=1S/C21H22N4O3S2/c1-2-7-15-10-11-16(21(26)25-12-4-3-5-13-25)18(14-15)24-30(27,28)19-9-6-8-17-20(19)23-29-22-17/h2,6,8-11,14,24H,1,3-5,7,12-13H2. The van der Waals surface area contributed by atoms with Crippen LogP contribution in [0.2, 0.25) is 0 Å². The number of nitrogens with zero attached hydrogens (tertiary/aromatic N) is 3. The zero-order chi connectivity index (χ0) is 21.1. The number of hydrogen-bond acceptors (Lipinski definition) is 6. The van der Waals surface area contributed by atoms with Crippen LogP contribution in [0.1, 0.15) is 35.2 Å². The van der Waals surface area contributed by atoms with Gasteiger partial charge >= 0.3 is 0 Å². The Morgan fingerprint density at radius 3 is 2.73 bits per heavy atom. The van der Waals surface area contributed by atoms with Crippen LogP contribution in [0.15, 0.2) is 53.9 Å². The van der Waals surface area contributed by atoms with E-state index in [1.165, 1.54) is 6.07 Å². The zero-order valence-electron chi connectivity index (χ0n) is 16.4. The van der Waals surface area contributed by atoms with E-state index in [2.05, 4.69) is 20.0 Å². The quantitative estimate of drug-likeness (QED) is 0.586. The van der Waals surface area contributed by atoms with E-state index in [1.54, 1.807) is 35.2 Å². The minimum atomic E-state index is -3.97. The van der Waals surface area contributed by atoms with E-state index < -0.39 is 10.0 Å². The molecule has 0 bridgehead atoms. The van der Waals surface area contributed by atoms with E-state index in [1.807, 2.05) is 6.07 Å². The highest BCUT2D eigenvalue weighted by Crippen LogP contribution is 2.27. The lowest BCUT2D eigenvalue weighted by molar-refractivity contribution is 0.0725. The fourth-order valence-corrected chi connectivity index (χ4v) is 5.46. The van der Waals surface area contributed by atoms with Gasteiger partial charge in [-0.25, -0.2) is 8.42 Å². The summed E-state index contributed by atoms with van der Waals surface area (Å²) in [4.78, 5) is 15.0. The lowest BCUT2D eigenvalue weighted by Gasteiger charge is -2.27. The first-order valence-electron chi connectivity index (χ1n) is 9.77. The summed E-state index contributed by atoms with van der Waals surface area (Å²) < 4.78 is 37.3. The van der Waals surface area contributed by atoms with Gasteiger partial charge in [0.1, 0.15) is 15.9 Å². The van der Waals surface area contributed by atoms with Crippen molar-refractivity contribution in [3.63, 3.8) is 0 Å². The molecule has 1 aromatic heterocycles. The van der Waals surface area contributed by atoms with Gasteiger partial charge in [-0.3, -0.25) is 9.52 Å². The smallest absolute Gasteiger partial charge is 0.264 e. The highest BCUT2D eigenvalue weighted by atomic mass is 32.2. The Morgan fingerprint density at radius 1 is 1.17 bits per heavy atom. The van der Waals surface area contributed by atoms with Crippen LogP contribution in [0.3, 0.4) is 0 Å². The molecule has 1 aliphatic heterocycles. The molecule has 4 rings (SSSR count). The van der Waals surface area contributed by atoms with Gasteiger partial charge in [0.15, 0.2) is 0 Å². The first-order chi connectivity index (χ1) is 14.5. The number of carbonyl (C=O) groups excluding carboxylic acids is 1. The number of nitrogens with one attached hydrogen (secondary N) is 1. The normalized spacial score (nSPS) is 14.6. The topological polar surface area (TPSA) is 92.3 Å². The van der Waals surface area contributed by atoms with Crippen molar-refractivity contribution >= 4 is 44.4 Å². The molecule has 0 atom stereocenters. The number of amides is 1. The van der Waals surface area contributed by atoms with Crippen molar-refractivity contribution in [2.75, 3.05) is 17.8 Å². The van der Waals surface area contributed by atoms with Crippen LogP contribution in [0.5, 0.6) is 0 Å². The number of rotatable bonds is 6. The number of hydrogen-bond donors (Lipinski definition) is 1. The summed E-state index contributed by atoms with van der Waals surface area (Å²) >= 11 is 0.961. The van der Waals surface area contributed by atoms with E-state index in [-0.39, 0.29) is 16.5 Å². The molecule has 3 aromatic rings. The molecule has 0 radical (unpaired) electrons. The third-order valence-corrected chi connectivity index (χ3v) is 7.06. The summed E-state index contributed by atoms with van der Waals surface area (Å²) in [5, 5.41) is 0. The van der Waals surface area contributed by atoms with Crippen molar-refractivity contribution < 1.29 is 13.2 Å².